The number of rotatable bonds is 3. The molecule has 0 saturated heterocycles. The summed E-state index contributed by atoms with van der Waals surface area (Å²) in [6.07, 6.45) is -2.77. The molecule has 7 heteroatoms. The van der Waals surface area contributed by atoms with Gasteiger partial charge in [0.15, 0.2) is 5.82 Å². The van der Waals surface area contributed by atoms with E-state index in [0.717, 1.165) is 12.1 Å². The van der Waals surface area contributed by atoms with Crippen molar-refractivity contribution >= 4 is 21.7 Å². The zero-order valence-corrected chi connectivity index (χ0v) is 12.1. The van der Waals surface area contributed by atoms with Crippen LogP contribution < -0.4 is 5.32 Å². The molecule has 0 aliphatic rings. The van der Waals surface area contributed by atoms with E-state index in [0.29, 0.717) is 28.2 Å². The quantitative estimate of drug-likeness (QED) is 0.898. The smallest absolute Gasteiger partial charge is 0.369 e. The minimum absolute atomic E-state index is 0.373. The van der Waals surface area contributed by atoms with Gasteiger partial charge in [0.25, 0.3) is 0 Å². The number of halogens is 4. The fourth-order valence-corrected chi connectivity index (χ4v) is 1.94. The minimum Gasteiger partial charge on any atom is -0.369 e. The maximum Gasteiger partial charge on any atom is 0.416 e. The Balaban J connectivity index is 2.34. The molecular weight excluding hydrogens is 335 g/mol. The fraction of sp³-hybridized carbons (Fsp3) is 0.231. The summed E-state index contributed by atoms with van der Waals surface area (Å²) in [6, 6.07) is 4.77. The third-order valence-corrected chi connectivity index (χ3v) is 3.14. The number of anilines is 1. The molecule has 1 heterocycles. The highest BCUT2D eigenvalue weighted by Crippen LogP contribution is 2.30. The van der Waals surface area contributed by atoms with Crippen LogP contribution in [-0.4, -0.2) is 16.5 Å². The first-order valence-electron chi connectivity index (χ1n) is 5.86. The average molecular weight is 346 g/mol. The van der Waals surface area contributed by atoms with Crippen LogP contribution >= 0.6 is 15.9 Å². The molecular formula is C13H11BrF3N3. The van der Waals surface area contributed by atoms with Gasteiger partial charge in [0.05, 0.1) is 10.0 Å². The number of nitrogens with one attached hydrogen (secondary N) is 1. The lowest BCUT2D eigenvalue weighted by atomic mass is 10.1. The zero-order chi connectivity index (χ0) is 14.8. The first-order chi connectivity index (χ1) is 9.41. The predicted octanol–water partition coefficient (Wildman–Crippen LogP) is 4.36. The average Bonchev–Trinajstić information content (AvgIpc) is 2.41. The van der Waals surface area contributed by atoms with Crippen molar-refractivity contribution in [2.75, 3.05) is 11.9 Å². The summed E-state index contributed by atoms with van der Waals surface area (Å²) in [6.45, 7) is 2.61. The molecule has 0 radical (unpaired) electrons. The Morgan fingerprint density at radius 3 is 2.40 bits per heavy atom. The second-order valence-corrected chi connectivity index (χ2v) is 4.85. The molecule has 0 unspecified atom stereocenters. The van der Waals surface area contributed by atoms with Crippen LogP contribution in [0.25, 0.3) is 11.4 Å². The first kappa shape index (κ1) is 14.8. The van der Waals surface area contributed by atoms with Gasteiger partial charge in [0, 0.05) is 18.3 Å². The first-order valence-corrected chi connectivity index (χ1v) is 6.65. The lowest BCUT2D eigenvalue weighted by molar-refractivity contribution is -0.137. The Morgan fingerprint density at radius 1 is 1.20 bits per heavy atom. The van der Waals surface area contributed by atoms with E-state index in [1.807, 2.05) is 6.92 Å². The van der Waals surface area contributed by atoms with Gasteiger partial charge in [-0.1, -0.05) is 12.1 Å². The van der Waals surface area contributed by atoms with Crippen molar-refractivity contribution in [3.8, 4) is 11.4 Å². The lowest BCUT2D eigenvalue weighted by Gasteiger charge is -2.09. The van der Waals surface area contributed by atoms with Crippen molar-refractivity contribution in [2.24, 2.45) is 0 Å². The van der Waals surface area contributed by atoms with E-state index >= 15 is 0 Å². The van der Waals surface area contributed by atoms with E-state index in [4.69, 9.17) is 0 Å². The third kappa shape index (κ3) is 3.27. The van der Waals surface area contributed by atoms with Crippen molar-refractivity contribution in [1.82, 2.24) is 9.97 Å². The molecule has 1 aromatic heterocycles. The molecule has 106 valence electrons. The van der Waals surface area contributed by atoms with Gasteiger partial charge >= 0.3 is 6.18 Å². The monoisotopic (exact) mass is 345 g/mol. The lowest BCUT2D eigenvalue weighted by Crippen LogP contribution is -2.05. The van der Waals surface area contributed by atoms with Gasteiger partial charge in [-0.15, -0.1) is 0 Å². The van der Waals surface area contributed by atoms with E-state index in [1.54, 1.807) is 6.20 Å². The number of alkyl halides is 3. The zero-order valence-electron chi connectivity index (χ0n) is 10.5. The molecule has 1 aromatic carbocycles. The summed E-state index contributed by atoms with van der Waals surface area (Å²) >= 11 is 3.31. The van der Waals surface area contributed by atoms with Crippen molar-refractivity contribution in [3.63, 3.8) is 0 Å². The molecule has 0 fully saturated rings. The molecule has 0 saturated carbocycles. The van der Waals surface area contributed by atoms with Gasteiger partial charge in [0.2, 0.25) is 0 Å². The number of nitrogens with zero attached hydrogens (tertiary/aromatic N) is 2. The van der Waals surface area contributed by atoms with E-state index in [9.17, 15) is 13.2 Å². The van der Waals surface area contributed by atoms with Crippen LogP contribution in [-0.2, 0) is 6.18 Å². The standard InChI is InChI=1S/C13H11BrF3N3/c1-2-18-12-10(14)7-19-11(20-12)8-3-5-9(6-4-8)13(15,16)17/h3-7H,2H2,1H3,(H,18,19,20). The molecule has 0 atom stereocenters. The number of hydrogen-bond donors (Lipinski definition) is 1. The normalized spacial score (nSPS) is 11.4. The molecule has 0 aliphatic carbocycles. The Morgan fingerprint density at radius 2 is 1.85 bits per heavy atom. The molecule has 2 aromatic rings. The van der Waals surface area contributed by atoms with Crippen LogP contribution in [0.5, 0.6) is 0 Å². The van der Waals surface area contributed by atoms with Crippen molar-refractivity contribution in [2.45, 2.75) is 13.1 Å². The predicted molar refractivity (Wildman–Crippen MR) is 74.3 cm³/mol. The summed E-state index contributed by atoms with van der Waals surface area (Å²) in [5.74, 6) is 0.982. The summed E-state index contributed by atoms with van der Waals surface area (Å²) in [5.41, 5.74) is -0.157. The number of aromatic nitrogens is 2. The summed E-state index contributed by atoms with van der Waals surface area (Å²) in [7, 11) is 0. The molecule has 1 N–H and O–H groups in total. The van der Waals surface area contributed by atoms with Gasteiger partial charge < -0.3 is 5.32 Å². The summed E-state index contributed by atoms with van der Waals surface area (Å²) in [5, 5.41) is 3.04. The van der Waals surface area contributed by atoms with Crippen LogP contribution in [0.3, 0.4) is 0 Å². The van der Waals surface area contributed by atoms with E-state index < -0.39 is 11.7 Å². The Labute approximate surface area is 122 Å². The highest BCUT2D eigenvalue weighted by molar-refractivity contribution is 9.10. The number of hydrogen-bond acceptors (Lipinski definition) is 3. The van der Waals surface area contributed by atoms with Gasteiger partial charge in [-0.2, -0.15) is 13.2 Å². The fourth-order valence-electron chi connectivity index (χ4n) is 1.61. The van der Waals surface area contributed by atoms with Gasteiger partial charge in [-0.25, -0.2) is 9.97 Å². The van der Waals surface area contributed by atoms with Crippen LogP contribution in [0.2, 0.25) is 0 Å². The van der Waals surface area contributed by atoms with E-state index in [-0.39, 0.29) is 0 Å². The van der Waals surface area contributed by atoms with Crippen LogP contribution in [0.1, 0.15) is 12.5 Å². The minimum atomic E-state index is -4.34. The van der Waals surface area contributed by atoms with Gasteiger partial charge in [-0.3, -0.25) is 0 Å². The van der Waals surface area contributed by atoms with Crippen molar-refractivity contribution in [1.29, 1.82) is 0 Å². The van der Waals surface area contributed by atoms with Crippen molar-refractivity contribution in [3.05, 3.63) is 40.5 Å². The summed E-state index contributed by atoms with van der Waals surface area (Å²) in [4.78, 5) is 8.38. The highest BCUT2D eigenvalue weighted by atomic mass is 79.9. The second-order valence-electron chi connectivity index (χ2n) is 4.00. The SMILES string of the molecule is CCNc1nc(-c2ccc(C(F)(F)F)cc2)ncc1Br. The van der Waals surface area contributed by atoms with Crippen LogP contribution in [0.15, 0.2) is 34.9 Å². The van der Waals surface area contributed by atoms with Crippen LogP contribution in [0.4, 0.5) is 19.0 Å². The maximum atomic E-state index is 12.5. The van der Waals surface area contributed by atoms with Gasteiger partial charge in [-0.05, 0) is 35.0 Å². The maximum absolute atomic E-state index is 12.5. The summed E-state index contributed by atoms with van der Waals surface area (Å²) < 4.78 is 38.2. The molecule has 0 bridgehead atoms. The van der Waals surface area contributed by atoms with E-state index in [2.05, 4.69) is 31.2 Å². The van der Waals surface area contributed by atoms with Crippen molar-refractivity contribution < 1.29 is 13.2 Å². The molecule has 0 spiro atoms. The molecule has 3 nitrogen and oxygen atoms in total. The molecule has 2 rings (SSSR count). The molecule has 20 heavy (non-hydrogen) atoms. The largest absolute Gasteiger partial charge is 0.416 e. The highest BCUT2D eigenvalue weighted by Gasteiger charge is 2.30. The topological polar surface area (TPSA) is 37.8 Å². The Hall–Kier alpha value is -1.63. The van der Waals surface area contributed by atoms with Crippen LogP contribution in [0, 0.1) is 0 Å². The van der Waals surface area contributed by atoms with Gasteiger partial charge in [0.1, 0.15) is 5.82 Å². The molecule has 0 aliphatic heterocycles. The third-order valence-electron chi connectivity index (χ3n) is 2.56. The van der Waals surface area contributed by atoms with E-state index in [1.165, 1.54) is 12.1 Å². The second kappa shape index (κ2) is 5.78. The Kier molecular flexibility index (Phi) is 4.27. The molecule has 0 amide bonds. The Bertz CT molecular complexity index is 597. The number of benzene rings is 1.